The number of fused-ring (bicyclic) bond motifs is 1. The van der Waals surface area contributed by atoms with Crippen LogP contribution >= 0.6 is 0 Å². The third kappa shape index (κ3) is 3.11. The van der Waals surface area contributed by atoms with Crippen LogP contribution in [0.4, 0.5) is 5.69 Å². The fraction of sp³-hybridized carbons (Fsp3) is 0.647. The first-order valence-corrected chi connectivity index (χ1v) is 7.89. The largest absolute Gasteiger partial charge is 0.384 e. The lowest BCUT2D eigenvalue weighted by molar-refractivity contribution is 0.194. The molecule has 2 aliphatic rings. The summed E-state index contributed by atoms with van der Waals surface area (Å²) in [5, 5.41) is 3.43. The van der Waals surface area contributed by atoms with E-state index in [0.717, 1.165) is 12.6 Å². The second-order valence-electron chi connectivity index (χ2n) is 6.19. The highest BCUT2D eigenvalue weighted by Gasteiger charge is 2.17. The van der Waals surface area contributed by atoms with E-state index in [4.69, 9.17) is 0 Å². The highest BCUT2D eigenvalue weighted by molar-refractivity contribution is 5.56. The lowest BCUT2D eigenvalue weighted by atomic mass is 9.94. The van der Waals surface area contributed by atoms with Gasteiger partial charge in [0.15, 0.2) is 0 Å². The quantitative estimate of drug-likeness (QED) is 0.889. The van der Waals surface area contributed by atoms with E-state index in [0.29, 0.717) is 0 Å². The topological polar surface area (TPSA) is 15.3 Å². The summed E-state index contributed by atoms with van der Waals surface area (Å²) in [6, 6.07) is 7.80. The van der Waals surface area contributed by atoms with Gasteiger partial charge in [-0.1, -0.05) is 31.4 Å². The van der Waals surface area contributed by atoms with Gasteiger partial charge < -0.3 is 10.2 Å². The van der Waals surface area contributed by atoms with E-state index in [1.165, 1.54) is 68.3 Å². The van der Waals surface area contributed by atoms with Gasteiger partial charge in [-0.15, -0.1) is 0 Å². The number of benzene rings is 1. The Labute approximate surface area is 117 Å². The molecule has 1 aliphatic carbocycles. The molecule has 0 radical (unpaired) electrons. The average Bonchev–Trinajstić information content (AvgIpc) is 2.93. The Morgan fingerprint density at radius 3 is 2.89 bits per heavy atom. The van der Waals surface area contributed by atoms with E-state index in [1.807, 2.05) is 0 Å². The minimum Gasteiger partial charge on any atom is -0.384 e. The molecule has 1 saturated carbocycles. The summed E-state index contributed by atoms with van der Waals surface area (Å²) in [6.45, 7) is 2.32. The third-order valence-corrected chi connectivity index (χ3v) is 4.83. The summed E-state index contributed by atoms with van der Waals surface area (Å²) in [5.74, 6) is 0. The second-order valence-corrected chi connectivity index (χ2v) is 6.19. The maximum Gasteiger partial charge on any atom is 0.0373 e. The van der Waals surface area contributed by atoms with Crippen molar-refractivity contribution < 1.29 is 0 Å². The molecule has 1 N–H and O–H groups in total. The number of likely N-dealkylation sites (N-methyl/N-ethyl adjacent to an activating group) is 1. The van der Waals surface area contributed by atoms with Gasteiger partial charge in [0.05, 0.1) is 0 Å². The molecule has 104 valence electrons. The van der Waals surface area contributed by atoms with Crippen molar-refractivity contribution in [2.24, 2.45) is 0 Å². The number of hydrogen-bond acceptors (Lipinski definition) is 2. The number of anilines is 1. The molecule has 1 heterocycles. The molecule has 2 nitrogen and oxygen atoms in total. The number of hydrogen-bond donors (Lipinski definition) is 1. The van der Waals surface area contributed by atoms with E-state index in [-0.39, 0.29) is 0 Å². The standard InChI is InChI=1S/C17H26N2/c1-19(16-5-3-2-4-6-16)12-10-14-7-8-17-15(13-14)9-11-18-17/h7-8,13,16,18H,2-6,9-12H2,1H3. The predicted molar refractivity (Wildman–Crippen MR) is 81.8 cm³/mol. The predicted octanol–water partition coefficient (Wildman–Crippen LogP) is 3.46. The molecule has 2 heteroatoms. The molecule has 1 aliphatic heterocycles. The van der Waals surface area contributed by atoms with Crippen molar-refractivity contribution >= 4 is 5.69 Å². The normalized spacial score (nSPS) is 19.5. The van der Waals surface area contributed by atoms with Crippen LogP contribution in [0.25, 0.3) is 0 Å². The van der Waals surface area contributed by atoms with Crippen LogP contribution < -0.4 is 5.32 Å². The number of rotatable bonds is 4. The molecular formula is C17H26N2. The molecule has 0 amide bonds. The minimum atomic E-state index is 0.838. The van der Waals surface area contributed by atoms with Crippen molar-refractivity contribution in [3.63, 3.8) is 0 Å². The molecule has 0 bridgehead atoms. The van der Waals surface area contributed by atoms with Crippen molar-refractivity contribution in [2.75, 3.05) is 25.5 Å². The van der Waals surface area contributed by atoms with Crippen molar-refractivity contribution in [2.45, 2.75) is 51.0 Å². The second kappa shape index (κ2) is 5.96. The van der Waals surface area contributed by atoms with Crippen LogP contribution in [0.2, 0.25) is 0 Å². The van der Waals surface area contributed by atoms with Crippen LogP contribution in [-0.4, -0.2) is 31.1 Å². The average molecular weight is 258 g/mol. The Morgan fingerprint density at radius 2 is 2.05 bits per heavy atom. The van der Waals surface area contributed by atoms with Crippen LogP contribution in [-0.2, 0) is 12.8 Å². The number of nitrogens with zero attached hydrogens (tertiary/aromatic N) is 1. The Bertz CT molecular complexity index is 421. The van der Waals surface area contributed by atoms with Crippen molar-refractivity contribution in [3.05, 3.63) is 29.3 Å². The Kier molecular flexibility index (Phi) is 4.07. The lowest BCUT2D eigenvalue weighted by Crippen LogP contribution is -2.34. The summed E-state index contributed by atoms with van der Waals surface area (Å²) in [5.41, 5.74) is 4.37. The fourth-order valence-electron chi connectivity index (χ4n) is 3.52. The summed E-state index contributed by atoms with van der Waals surface area (Å²) < 4.78 is 0. The van der Waals surface area contributed by atoms with Gasteiger partial charge in [0.1, 0.15) is 0 Å². The third-order valence-electron chi connectivity index (χ3n) is 4.83. The summed E-state index contributed by atoms with van der Waals surface area (Å²) in [6.07, 6.45) is 9.51. The molecule has 0 aromatic heterocycles. The summed E-state index contributed by atoms with van der Waals surface area (Å²) in [4.78, 5) is 2.59. The molecule has 1 fully saturated rings. The molecule has 0 unspecified atom stereocenters. The van der Waals surface area contributed by atoms with E-state index in [2.05, 4.69) is 35.5 Å². The van der Waals surface area contributed by atoms with Crippen molar-refractivity contribution in [3.8, 4) is 0 Å². The van der Waals surface area contributed by atoms with Crippen LogP contribution in [0.15, 0.2) is 18.2 Å². The van der Waals surface area contributed by atoms with E-state index in [1.54, 1.807) is 0 Å². The molecular weight excluding hydrogens is 232 g/mol. The van der Waals surface area contributed by atoms with E-state index < -0.39 is 0 Å². The van der Waals surface area contributed by atoms with Crippen molar-refractivity contribution in [1.29, 1.82) is 0 Å². The molecule has 19 heavy (non-hydrogen) atoms. The Hall–Kier alpha value is -1.02. The smallest absolute Gasteiger partial charge is 0.0373 e. The van der Waals surface area contributed by atoms with Crippen LogP contribution in [0.1, 0.15) is 43.2 Å². The zero-order valence-electron chi connectivity index (χ0n) is 12.1. The van der Waals surface area contributed by atoms with Crippen LogP contribution in [0, 0.1) is 0 Å². The Morgan fingerprint density at radius 1 is 1.21 bits per heavy atom. The molecule has 1 aromatic rings. The Balaban J connectivity index is 1.53. The lowest BCUT2D eigenvalue weighted by Gasteiger charge is -2.31. The highest BCUT2D eigenvalue weighted by atomic mass is 15.1. The zero-order chi connectivity index (χ0) is 13.1. The molecule has 0 saturated heterocycles. The highest BCUT2D eigenvalue weighted by Crippen LogP contribution is 2.24. The monoisotopic (exact) mass is 258 g/mol. The van der Waals surface area contributed by atoms with E-state index in [9.17, 15) is 0 Å². The van der Waals surface area contributed by atoms with Gasteiger partial charge in [-0.3, -0.25) is 0 Å². The maximum atomic E-state index is 3.43. The fourth-order valence-corrected chi connectivity index (χ4v) is 3.52. The van der Waals surface area contributed by atoms with Gasteiger partial charge in [-0.25, -0.2) is 0 Å². The van der Waals surface area contributed by atoms with Gasteiger partial charge in [0.25, 0.3) is 0 Å². The van der Waals surface area contributed by atoms with E-state index >= 15 is 0 Å². The molecule has 0 spiro atoms. The summed E-state index contributed by atoms with van der Waals surface area (Å²) >= 11 is 0. The van der Waals surface area contributed by atoms with Crippen LogP contribution in [0.5, 0.6) is 0 Å². The first kappa shape index (κ1) is 13.0. The first-order valence-electron chi connectivity index (χ1n) is 7.89. The number of nitrogens with one attached hydrogen (secondary N) is 1. The molecule has 3 rings (SSSR count). The molecule has 0 atom stereocenters. The zero-order valence-corrected chi connectivity index (χ0v) is 12.1. The van der Waals surface area contributed by atoms with Crippen LogP contribution in [0.3, 0.4) is 0 Å². The van der Waals surface area contributed by atoms with Gasteiger partial charge in [0, 0.05) is 24.8 Å². The molecule has 1 aromatic carbocycles. The van der Waals surface area contributed by atoms with Gasteiger partial charge in [-0.2, -0.15) is 0 Å². The summed E-state index contributed by atoms with van der Waals surface area (Å²) in [7, 11) is 2.31. The van der Waals surface area contributed by atoms with Gasteiger partial charge >= 0.3 is 0 Å². The minimum absolute atomic E-state index is 0.838. The van der Waals surface area contributed by atoms with Gasteiger partial charge in [-0.05, 0) is 49.9 Å². The first-order chi connectivity index (χ1) is 9.33. The maximum absolute atomic E-state index is 3.43. The van der Waals surface area contributed by atoms with Crippen molar-refractivity contribution in [1.82, 2.24) is 4.90 Å². The SMILES string of the molecule is CN(CCc1ccc2c(c1)CCN2)C1CCCCC1. The van der Waals surface area contributed by atoms with Gasteiger partial charge in [0.2, 0.25) is 0 Å².